The zero-order valence-corrected chi connectivity index (χ0v) is 9.09. The van der Waals surface area contributed by atoms with E-state index in [2.05, 4.69) is 17.1 Å². The number of nitrogens with zero attached hydrogens (tertiary/aromatic N) is 2. The first-order valence-electron chi connectivity index (χ1n) is 4.82. The molecule has 0 aliphatic heterocycles. The number of hydrogen-bond donors (Lipinski definition) is 1. The summed E-state index contributed by atoms with van der Waals surface area (Å²) < 4.78 is 5.15. The van der Waals surface area contributed by atoms with Crippen LogP contribution in [0.1, 0.15) is 37.4 Å². The van der Waals surface area contributed by atoms with Gasteiger partial charge in [0.1, 0.15) is 0 Å². The van der Waals surface area contributed by atoms with Crippen molar-refractivity contribution in [3.8, 4) is 0 Å². The second-order valence-corrected chi connectivity index (χ2v) is 3.86. The van der Waals surface area contributed by atoms with Crippen LogP contribution in [0.15, 0.2) is 4.52 Å². The zero-order chi connectivity index (χ0) is 9.26. The van der Waals surface area contributed by atoms with E-state index in [1.165, 1.54) is 12.8 Å². The standard InChI is InChI=1S/C9H15N3O.ClH/c1-6-4-7(5-6)9-11-8(2-3-10)12-13-9;/h6-7H,2-5,10H2,1H3;1H. The second kappa shape index (κ2) is 4.75. The Morgan fingerprint density at radius 1 is 1.50 bits per heavy atom. The molecular formula is C9H16ClN3O. The van der Waals surface area contributed by atoms with Crippen LogP contribution in [0.3, 0.4) is 0 Å². The van der Waals surface area contributed by atoms with Crippen LogP contribution in [0, 0.1) is 5.92 Å². The molecule has 4 nitrogen and oxygen atoms in total. The maximum atomic E-state index is 5.39. The highest BCUT2D eigenvalue weighted by Crippen LogP contribution is 2.40. The van der Waals surface area contributed by atoms with E-state index in [4.69, 9.17) is 10.3 Å². The first-order chi connectivity index (χ1) is 6.29. The molecule has 0 amide bonds. The molecule has 14 heavy (non-hydrogen) atoms. The predicted molar refractivity (Wildman–Crippen MR) is 55.4 cm³/mol. The SMILES string of the molecule is CC1CC(c2nc(CCN)no2)C1.Cl. The summed E-state index contributed by atoms with van der Waals surface area (Å²) >= 11 is 0. The van der Waals surface area contributed by atoms with E-state index in [1.54, 1.807) is 0 Å². The molecule has 1 aromatic heterocycles. The summed E-state index contributed by atoms with van der Waals surface area (Å²) in [6.07, 6.45) is 3.08. The van der Waals surface area contributed by atoms with Gasteiger partial charge in [0.25, 0.3) is 0 Å². The van der Waals surface area contributed by atoms with Crippen LogP contribution in [-0.2, 0) is 6.42 Å². The Balaban J connectivity index is 0.000000980. The van der Waals surface area contributed by atoms with Gasteiger partial charge in [0, 0.05) is 12.3 Å². The van der Waals surface area contributed by atoms with Gasteiger partial charge in [0.2, 0.25) is 5.89 Å². The van der Waals surface area contributed by atoms with E-state index >= 15 is 0 Å². The molecule has 0 spiro atoms. The fourth-order valence-electron chi connectivity index (χ4n) is 1.77. The molecule has 0 saturated heterocycles. The van der Waals surface area contributed by atoms with Gasteiger partial charge in [-0.05, 0) is 25.3 Å². The topological polar surface area (TPSA) is 64.9 Å². The summed E-state index contributed by atoms with van der Waals surface area (Å²) in [7, 11) is 0. The highest BCUT2D eigenvalue weighted by molar-refractivity contribution is 5.85. The van der Waals surface area contributed by atoms with E-state index in [0.717, 1.165) is 17.6 Å². The third-order valence-corrected chi connectivity index (χ3v) is 2.57. The molecule has 1 aromatic rings. The normalized spacial score (nSPS) is 25.3. The summed E-state index contributed by atoms with van der Waals surface area (Å²) in [4.78, 5) is 4.30. The van der Waals surface area contributed by atoms with Gasteiger partial charge >= 0.3 is 0 Å². The van der Waals surface area contributed by atoms with E-state index in [9.17, 15) is 0 Å². The monoisotopic (exact) mass is 217 g/mol. The third-order valence-electron chi connectivity index (χ3n) is 2.57. The lowest BCUT2D eigenvalue weighted by atomic mass is 9.76. The quantitative estimate of drug-likeness (QED) is 0.834. The van der Waals surface area contributed by atoms with Gasteiger partial charge in [-0.25, -0.2) is 0 Å². The van der Waals surface area contributed by atoms with Crippen LogP contribution in [0.4, 0.5) is 0 Å². The maximum Gasteiger partial charge on any atom is 0.229 e. The summed E-state index contributed by atoms with van der Waals surface area (Å²) in [6.45, 7) is 2.83. The van der Waals surface area contributed by atoms with Crippen molar-refractivity contribution in [1.29, 1.82) is 0 Å². The highest BCUT2D eigenvalue weighted by Gasteiger charge is 2.31. The maximum absolute atomic E-state index is 5.39. The van der Waals surface area contributed by atoms with Crippen molar-refractivity contribution in [2.24, 2.45) is 11.7 Å². The smallest absolute Gasteiger partial charge is 0.229 e. The lowest BCUT2D eigenvalue weighted by Crippen LogP contribution is -2.19. The Morgan fingerprint density at radius 3 is 2.79 bits per heavy atom. The van der Waals surface area contributed by atoms with E-state index in [0.29, 0.717) is 18.9 Å². The minimum Gasteiger partial charge on any atom is -0.339 e. The highest BCUT2D eigenvalue weighted by atomic mass is 35.5. The zero-order valence-electron chi connectivity index (χ0n) is 8.27. The van der Waals surface area contributed by atoms with Gasteiger partial charge in [-0.1, -0.05) is 12.1 Å². The Hall–Kier alpha value is -0.610. The van der Waals surface area contributed by atoms with Crippen LogP contribution < -0.4 is 5.73 Å². The average Bonchev–Trinajstić information content (AvgIpc) is 2.48. The predicted octanol–water partition coefficient (Wildman–Crippen LogP) is 1.51. The van der Waals surface area contributed by atoms with E-state index in [1.807, 2.05) is 0 Å². The number of rotatable bonds is 3. The average molecular weight is 218 g/mol. The fourth-order valence-corrected chi connectivity index (χ4v) is 1.77. The largest absolute Gasteiger partial charge is 0.339 e. The van der Waals surface area contributed by atoms with Gasteiger partial charge in [-0.15, -0.1) is 12.4 Å². The van der Waals surface area contributed by atoms with Crippen LogP contribution in [0.5, 0.6) is 0 Å². The van der Waals surface area contributed by atoms with Crippen molar-refractivity contribution in [1.82, 2.24) is 10.1 Å². The van der Waals surface area contributed by atoms with Crippen LogP contribution in [0.25, 0.3) is 0 Å². The van der Waals surface area contributed by atoms with Crippen LogP contribution in [0.2, 0.25) is 0 Å². The van der Waals surface area contributed by atoms with Crippen molar-refractivity contribution in [3.63, 3.8) is 0 Å². The Kier molecular flexibility index (Phi) is 3.89. The Labute approximate surface area is 89.7 Å². The van der Waals surface area contributed by atoms with E-state index < -0.39 is 0 Å². The van der Waals surface area contributed by atoms with Gasteiger partial charge in [-0.2, -0.15) is 4.98 Å². The lowest BCUT2D eigenvalue weighted by Gasteiger charge is -2.29. The third kappa shape index (κ3) is 2.25. The molecule has 5 heteroatoms. The molecule has 0 radical (unpaired) electrons. The lowest BCUT2D eigenvalue weighted by molar-refractivity contribution is 0.227. The Bertz CT molecular complexity index is 283. The molecule has 0 bridgehead atoms. The molecule has 1 aliphatic carbocycles. The minimum absolute atomic E-state index is 0. The fraction of sp³-hybridized carbons (Fsp3) is 0.778. The molecule has 80 valence electrons. The van der Waals surface area contributed by atoms with Crippen LogP contribution in [-0.4, -0.2) is 16.7 Å². The minimum atomic E-state index is 0. The molecule has 1 fully saturated rings. The summed E-state index contributed by atoms with van der Waals surface area (Å²) in [5, 5.41) is 3.87. The van der Waals surface area contributed by atoms with Gasteiger partial charge < -0.3 is 10.3 Å². The van der Waals surface area contributed by atoms with Crippen molar-refractivity contribution >= 4 is 12.4 Å². The van der Waals surface area contributed by atoms with Gasteiger partial charge in [0.15, 0.2) is 5.82 Å². The van der Waals surface area contributed by atoms with Crippen molar-refractivity contribution in [2.45, 2.75) is 32.1 Å². The number of halogens is 1. The number of hydrogen-bond acceptors (Lipinski definition) is 4. The second-order valence-electron chi connectivity index (χ2n) is 3.86. The molecule has 0 aromatic carbocycles. The Morgan fingerprint density at radius 2 is 2.21 bits per heavy atom. The number of aromatic nitrogens is 2. The molecule has 0 unspecified atom stereocenters. The molecule has 1 aliphatic rings. The van der Waals surface area contributed by atoms with E-state index in [-0.39, 0.29) is 12.4 Å². The van der Waals surface area contributed by atoms with Crippen LogP contribution >= 0.6 is 12.4 Å². The molecule has 1 heterocycles. The summed E-state index contributed by atoms with van der Waals surface area (Å²) in [6, 6.07) is 0. The molecule has 2 N–H and O–H groups in total. The van der Waals surface area contributed by atoms with Gasteiger partial charge in [0.05, 0.1) is 0 Å². The molecule has 0 atom stereocenters. The van der Waals surface area contributed by atoms with Crippen molar-refractivity contribution < 1.29 is 4.52 Å². The van der Waals surface area contributed by atoms with Gasteiger partial charge in [-0.3, -0.25) is 0 Å². The first kappa shape index (κ1) is 11.5. The van der Waals surface area contributed by atoms with Crippen molar-refractivity contribution in [3.05, 3.63) is 11.7 Å². The molecule has 2 rings (SSSR count). The summed E-state index contributed by atoms with van der Waals surface area (Å²) in [5.74, 6) is 2.88. The summed E-state index contributed by atoms with van der Waals surface area (Å²) in [5.41, 5.74) is 5.39. The number of nitrogens with two attached hydrogens (primary N) is 1. The molecular weight excluding hydrogens is 202 g/mol. The van der Waals surface area contributed by atoms with Crippen molar-refractivity contribution in [2.75, 3.05) is 6.54 Å². The first-order valence-corrected chi connectivity index (χ1v) is 4.82. The molecule has 1 saturated carbocycles.